The maximum absolute atomic E-state index is 12.4. The lowest BCUT2D eigenvalue weighted by Gasteiger charge is -2.46. The summed E-state index contributed by atoms with van der Waals surface area (Å²) in [5.41, 5.74) is 0.605. The Balaban J connectivity index is 2.14. The van der Waals surface area contributed by atoms with Crippen molar-refractivity contribution in [2.75, 3.05) is 32.8 Å². The van der Waals surface area contributed by atoms with Crippen LogP contribution in [0.3, 0.4) is 0 Å². The number of hydrogen-bond acceptors (Lipinski definition) is 11. The Hall–Kier alpha value is -3.82. The molecule has 1 heterocycles. The van der Waals surface area contributed by atoms with Gasteiger partial charge in [-0.2, -0.15) is 0 Å². The number of amides is 3. The van der Waals surface area contributed by atoms with Crippen LogP contribution in [0.2, 0.25) is 5.02 Å². The lowest BCUT2D eigenvalue weighted by Crippen LogP contribution is -2.68. The second-order valence-electron chi connectivity index (χ2n) is 10.1. The van der Waals surface area contributed by atoms with Gasteiger partial charge in [0, 0.05) is 24.4 Å². The number of rotatable bonds is 17. The molecule has 1 aromatic carbocycles. The van der Waals surface area contributed by atoms with Crippen molar-refractivity contribution < 1.29 is 64.1 Å². The maximum Gasteiger partial charge on any atom is 0.364 e. The van der Waals surface area contributed by atoms with Crippen LogP contribution in [-0.2, 0) is 39.9 Å². The van der Waals surface area contributed by atoms with Crippen LogP contribution in [0.15, 0.2) is 24.3 Å². The van der Waals surface area contributed by atoms with E-state index in [2.05, 4.69) is 16.6 Å². The summed E-state index contributed by atoms with van der Waals surface area (Å²) in [6.45, 7) is -2.95. The molecule has 0 unspecified atom stereocenters. The second-order valence-corrected chi connectivity index (χ2v) is 10.6. The molecule has 1 saturated heterocycles. The Morgan fingerprint density at radius 1 is 1.16 bits per heavy atom. The third kappa shape index (κ3) is 11.2. The molecule has 0 aromatic heterocycles. The van der Waals surface area contributed by atoms with Gasteiger partial charge in [0.2, 0.25) is 17.7 Å². The first-order valence-electron chi connectivity index (χ1n) is 13.7. The van der Waals surface area contributed by atoms with Gasteiger partial charge in [-0.1, -0.05) is 29.7 Å². The van der Waals surface area contributed by atoms with E-state index in [4.69, 9.17) is 32.6 Å². The molecule has 1 aromatic rings. The van der Waals surface area contributed by atoms with E-state index in [1.165, 1.54) is 0 Å². The minimum absolute atomic E-state index is 0.0942. The van der Waals surface area contributed by atoms with Gasteiger partial charge in [-0.15, -0.1) is 6.42 Å². The lowest BCUT2D eigenvalue weighted by atomic mass is 9.88. The number of benzene rings is 1. The zero-order chi connectivity index (χ0) is 33.7. The van der Waals surface area contributed by atoms with Crippen molar-refractivity contribution in [3.8, 4) is 12.3 Å². The van der Waals surface area contributed by atoms with Crippen LogP contribution in [-0.4, -0.2) is 134 Å². The lowest BCUT2D eigenvalue weighted by molar-refractivity contribution is -0.310. The van der Waals surface area contributed by atoms with Crippen molar-refractivity contribution in [2.24, 2.45) is 0 Å². The zero-order valence-corrected chi connectivity index (χ0v) is 24.8. The number of nitrogens with one attached hydrogen (secondary N) is 2. The molecule has 248 valence electrons. The van der Waals surface area contributed by atoms with Crippen LogP contribution in [0, 0.1) is 12.3 Å². The first-order chi connectivity index (χ1) is 21.2. The van der Waals surface area contributed by atoms with Gasteiger partial charge < -0.3 is 55.6 Å². The highest BCUT2D eigenvalue weighted by Crippen LogP contribution is 2.33. The fraction of sp³-hybridized carbons (Fsp3) is 0.536. The standard InChI is InChI=1S/C28H36ClN3O13/c1-2-9-32(14-23(39)40)22(38)4-3-10-44-28(27(42)43)12-18(34)24(31-21(37)15-33)26(45-28)25(41)19(35)13-30-20(36)11-16-5-7-17(29)8-6-16/h1,5-8,18-19,24-26,33-35,41H,3-4,9-15H2,(H,30,36)(H,31,37)(H,39,40)(H,42,43)/t18-,19+,24+,25+,26+,28+/m0/s1. The highest BCUT2D eigenvalue weighted by molar-refractivity contribution is 6.30. The molecule has 0 aliphatic carbocycles. The van der Waals surface area contributed by atoms with Crippen LogP contribution < -0.4 is 10.6 Å². The van der Waals surface area contributed by atoms with Gasteiger partial charge in [0.1, 0.15) is 25.4 Å². The number of carboxylic acids is 2. The number of ether oxygens (including phenoxy) is 2. The first-order valence-corrected chi connectivity index (χ1v) is 14.0. The predicted molar refractivity (Wildman–Crippen MR) is 153 cm³/mol. The predicted octanol–water partition coefficient (Wildman–Crippen LogP) is -2.53. The van der Waals surface area contributed by atoms with Gasteiger partial charge in [-0.3, -0.25) is 19.2 Å². The molecule has 1 aliphatic heterocycles. The van der Waals surface area contributed by atoms with E-state index in [1.807, 2.05) is 0 Å². The third-order valence-corrected chi connectivity index (χ3v) is 6.97. The summed E-state index contributed by atoms with van der Waals surface area (Å²) in [6.07, 6.45) is -3.54. The molecular weight excluding hydrogens is 622 g/mol. The number of aliphatic hydroxyl groups is 4. The Labute approximate surface area is 262 Å². The number of nitrogens with zero attached hydrogens (tertiary/aromatic N) is 1. The van der Waals surface area contributed by atoms with Crippen LogP contribution >= 0.6 is 11.6 Å². The Bertz CT molecular complexity index is 1240. The van der Waals surface area contributed by atoms with Crippen molar-refractivity contribution in [1.29, 1.82) is 0 Å². The summed E-state index contributed by atoms with van der Waals surface area (Å²) in [5, 5.41) is 65.7. The Morgan fingerprint density at radius 3 is 2.40 bits per heavy atom. The minimum atomic E-state index is -2.63. The molecule has 17 heteroatoms. The fourth-order valence-electron chi connectivity index (χ4n) is 4.48. The topological polar surface area (TPSA) is 252 Å². The molecule has 16 nitrogen and oxygen atoms in total. The number of aliphatic hydroxyl groups excluding tert-OH is 4. The second kappa shape index (κ2) is 17.6. The molecule has 1 fully saturated rings. The molecule has 1 aliphatic rings. The monoisotopic (exact) mass is 657 g/mol. The van der Waals surface area contributed by atoms with E-state index in [-0.39, 0.29) is 25.8 Å². The zero-order valence-electron chi connectivity index (χ0n) is 24.0. The molecule has 3 amide bonds. The highest BCUT2D eigenvalue weighted by Gasteiger charge is 2.55. The van der Waals surface area contributed by atoms with Crippen molar-refractivity contribution in [3.63, 3.8) is 0 Å². The summed E-state index contributed by atoms with van der Waals surface area (Å²) in [7, 11) is 0. The van der Waals surface area contributed by atoms with Crippen LogP contribution in [0.4, 0.5) is 0 Å². The summed E-state index contributed by atoms with van der Waals surface area (Å²) >= 11 is 5.83. The molecule has 8 N–H and O–H groups in total. The van der Waals surface area contributed by atoms with E-state index in [0.717, 1.165) is 4.90 Å². The van der Waals surface area contributed by atoms with E-state index in [1.54, 1.807) is 24.3 Å². The summed E-state index contributed by atoms with van der Waals surface area (Å²) in [5.74, 6) is -5.70. The third-order valence-electron chi connectivity index (χ3n) is 6.72. The average Bonchev–Trinajstić information content (AvgIpc) is 2.99. The van der Waals surface area contributed by atoms with Gasteiger partial charge in [-0.25, -0.2) is 4.79 Å². The van der Waals surface area contributed by atoms with Crippen molar-refractivity contribution in [3.05, 3.63) is 34.9 Å². The smallest absolute Gasteiger partial charge is 0.364 e. The number of carbonyl (C=O) groups is 5. The number of hydrogen-bond donors (Lipinski definition) is 8. The molecule has 45 heavy (non-hydrogen) atoms. The number of carbonyl (C=O) groups excluding carboxylic acids is 3. The van der Waals surface area contributed by atoms with E-state index in [9.17, 15) is 49.5 Å². The van der Waals surface area contributed by atoms with Crippen LogP contribution in [0.5, 0.6) is 0 Å². The molecule has 0 spiro atoms. The highest BCUT2D eigenvalue weighted by atomic mass is 35.5. The summed E-state index contributed by atoms with van der Waals surface area (Å²) in [6, 6.07) is 4.85. The molecule has 0 bridgehead atoms. The number of terminal acetylenes is 1. The average molecular weight is 658 g/mol. The first kappa shape index (κ1) is 37.4. The number of aliphatic carboxylic acids is 2. The van der Waals surface area contributed by atoms with Gasteiger partial charge in [-0.05, 0) is 24.1 Å². The normalized spacial score (nSPS) is 22.4. The number of halogens is 1. The fourth-order valence-corrected chi connectivity index (χ4v) is 4.61. The molecule has 0 saturated carbocycles. The van der Waals surface area contributed by atoms with Crippen LogP contribution in [0.1, 0.15) is 24.8 Å². The number of carboxylic acid groups (broad SMARTS) is 2. The largest absolute Gasteiger partial charge is 0.480 e. The summed E-state index contributed by atoms with van der Waals surface area (Å²) < 4.78 is 11.0. The quantitative estimate of drug-likeness (QED) is 0.0636. The van der Waals surface area contributed by atoms with Gasteiger partial charge >= 0.3 is 11.9 Å². The van der Waals surface area contributed by atoms with Gasteiger partial charge in [0.25, 0.3) is 5.79 Å². The molecule has 2 rings (SSSR count). The molecular formula is C28H36ClN3O13. The van der Waals surface area contributed by atoms with Gasteiger partial charge in [0.05, 0.1) is 37.8 Å². The van der Waals surface area contributed by atoms with E-state index >= 15 is 0 Å². The summed E-state index contributed by atoms with van der Waals surface area (Å²) in [4.78, 5) is 60.9. The van der Waals surface area contributed by atoms with Crippen molar-refractivity contribution in [1.82, 2.24) is 15.5 Å². The van der Waals surface area contributed by atoms with E-state index in [0.29, 0.717) is 10.6 Å². The van der Waals surface area contributed by atoms with Crippen molar-refractivity contribution >= 4 is 41.3 Å². The SMILES string of the molecule is C#CCN(CC(=O)O)C(=O)CCCO[C@]1(C(=O)O)C[C@H](O)[C@@H](NC(=O)CO)[C@H]([C@H](O)[C@H](O)CNC(=O)Cc2ccc(Cl)cc2)O1. The molecule has 0 radical (unpaired) electrons. The minimum Gasteiger partial charge on any atom is -0.480 e. The van der Waals surface area contributed by atoms with E-state index < -0.39 is 98.6 Å². The Morgan fingerprint density at radius 2 is 1.82 bits per heavy atom. The Kier molecular flexibility index (Phi) is 14.6. The molecule has 6 atom stereocenters. The van der Waals surface area contributed by atoms with Crippen LogP contribution in [0.25, 0.3) is 0 Å². The van der Waals surface area contributed by atoms with Gasteiger partial charge in [0.15, 0.2) is 0 Å². The van der Waals surface area contributed by atoms with Crippen molar-refractivity contribution in [2.45, 2.75) is 61.9 Å². The maximum atomic E-state index is 12.4.